The summed E-state index contributed by atoms with van der Waals surface area (Å²) in [7, 11) is 3.63. The molecule has 0 aliphatic heterocycles. The molecular formula is C14H17Cl2N5. The van der Waals surface area contributed by atoms with Crippen molar-refractivity contribution in [3.63, 3.8) is 0 Å². The predicted octanol–water partition coefficient (Wildman–Crippen LogP) is 2.59. The monoisotopic (exact) mass is 325 g/mol. The van der Waals surface area contributed by atoms with E-state index in [9.17, 15) is 0 Å². The topological polar surface area (TPSA) is 54.2 Å². The van der Waals surface area contributed by atoms with Crippen molar-refractivity contribution in [2.75, 3.05) is 7.05 Å². The Kier molecular flexibility index (Phi) is 5.47. The second-order valence-electron chi connectivity index (χ2n) is 4.46. The van der Waals surface area contributed by atoms with Crippen molar-refractivity contribution >= 4 is 29.2 Å². The highest BCUT2D eigenvalue weighted by atomic mass is 35.5. The maximum absolute atomic E-state index is 6.14. The van der Waals surface area contributed by atoms with Crippen molar-refractivity contribution in [3.05, 3.63) is 51.8 Å². The average molecular weight is 326 g/mol. The summed E-state index contributed by atoms with van der Waals surface area (Å²) in [5.74, 6) is 0.696. The van der Waals surface area contributed by atoms with Crippen molar-refractivity contribution in [1.82, 2.24) is 20.4 Å². The second kappa shape index (κ2) is 7.33. The van der Waals surface area contributed by atoms with Crippen LogP contribution in [0.15, 0.2) is 35.5 Å². The number of aliphatic imine (C=N–C) groups is 1. The Labute approximate surface area is 134 Å². The van der Waals surface area contributed by atoms with Crippen molar-refractivity contribution in [2.24, 2.45) is 12.0 Å². The van der Waals surface area contributed by atoms with Gasteiger partial charge in [0.2, 0.25) is 0 Å². The van der Waals surface area contributed by atoms with E-state index in [-0.39, 0.29) is 0 Å². The Morgan fingerprint density at radius 3 is 2.62 bits per heavy atom. The van der Waals surface area contributed by atoms with Crippen LogP contribution in [0.3, 0.4) is 0 Å². The minimum Gasteiger partial charge on any atom is -0.352 e. The molecule has 0 atom stereocenters. The van der Waals surface area contributed by atoms with Crippen LogP contribution in [-0.4, -0.2) is 22.8 Å². The van der Waals surface area contributed by atoms with Crippen LogP contribution in [0.2, 0.25) is 10.0 Å². The molecule has 1 aromatic carbocycles. The van der Waals surface area contributed by atoms with E-state index in [1.165, 1.54) is 0 Å². The summed E-state index contributed by atoms with van der Waals surface area (Å²) in [6.45, 7) is 1.21. The summed E-state index contributed by atoms with van der Waals surface area (Å²) in [6, 6.07) is 7.39. The van der Waals surface area contributed by atoms with Crippen LogP contribution >= 0.6 is 23.2 Å². The Morgan fingerprint density at radius 1 is 1.24 bits per heavy atom. The van der Waals surface area contributed by atoms with E-state index < -0.39 is 0 Å². The summed E-state index contributed by atoms with van der Waals surface area (Å²) in [6.07, 6.45) is 1.76. The first-order valence-electron chi connectivity index (χ1n) is 6.45. The lowest BCUT2D eigenvalue weighted by molar-refractivity contribution is 0.684. The van der Waals surface area contributed by atoms with E-state index in [0.29, 0.717) is 29.1 Å². The number of hydrogen-bond donors (Lipinski definition) is 2. The lowest BCUT2D eigenvalue weighted by atomic mass is 10.2. The van der Waals surface area contributed by atoms with Crippen molar-refractivity contribution in [2.45, 2.75) is 13.1 Å². The average Bonchev–Trinajstić information content (AvgIpc) is 2.86. The van der Waals surface area contributed by atoms with Crippen LogP contribution < -0.4 is 10.6 Å². The van der Waals surface area contributed by atoms with Crippen molar-refractivity contribution in [3.8, 4) is 0 Å². The molecule has 0 bridgehead atoms. The number of guanidine groups is 1. The van der Waals surface area contributed by atoms with Gasteiger partial charge in [0.25, 0.3) is 0 Å². The van der Waals surface area contributed by atoms with Gasteiger partial charge in [0.05, 0.1) is 12.2 Å². The summed E-state index contributed by atoms with van der Waals surface area (Å²) >= 11 is 12.0. The van der Waals surface area contributed by atoms with Crippen LogP contribution in [0.1, 0.15) is 11.3 Å². The number of nitrogens with zero attached hydrogens (tertiary/aromatic N) is 3. The number of aryl methyl sites for hydroxylation is 1. The fraction of sp³-hybridized carbons (Fsp3) is 0.286. The van der Waals surface area contributed by atoms with Crippen LogP contribution in [0.25, 0.3) is 0 Å². The minimum atomic E-state index is 0.570. The number of benzene rings is 1. The number of halogens is 2. The van der Waals surface area contributed by atoms with Crippen molar-refractivity contribution in [1.29, 1.82) is 0 Å². The molecule has 1 heterocycles. The van der Waals surface area contributed by atoms with Crippen LogP contribution in [0, 0.1) is 0 Å². The van der Waals surface area contributed by atoms with Gasteiger partial charge in [-0.05, 0) is 23.8 Å². The normalized spacial score (nSPS) is 11.5. The van der Waals surface area contributed by atoms with E-state index in [2.05, 4.69) is 20.7 Å². The zero-order chi connectivity index (χ0) is 15.2. The summed E-state index contributed by atoms with van der Waals surface area (Å²) in [5.41, 5.74) is 2.03. The largest absolute Gasteiger partial charge is 0.352 e. The Hall–Kier alpha value is -1.72. The van der Waals surface area contributed by atoms with Crippen LogP contribution in [0.5, 0.6) is 0 Å². The minimum absolute atomic E-state index is 0.570. The first-order valence-corrected chi connectivity index (χ1v) is 7.21. The standard InChI is InChI=1S/C14H17Cl2N5/c1-17-14(19-9-12-5-6-20-21(12)2)18-8-10-3-4-11(15)7-13(10)16/h3-7H,8-9H2,1-2H3,(H2,17,18,19). The molecule has 0 aliphatic carbocycles. The quantitative estimate of drug-likeness (QED) is 0.671. The van der Waals surface area contributed by atoms with Gasteiger partial charge in [0.15, 0.2) is 5.96 Å². The smallest absolute Gasteiger partial charge is 0.191 e. The molecule has 0 unspecified atom stereocenters. The highest BCUT2D eigenvalue weighted by molar-refractivity contribution is 6.35. The first-order chi connectivity index (χ1) is 10.1. The predicted molar refractivity (Wildman–Crippen MR) is 86.7 cm³/mol. The third kappa shape index (κ3) is 4.37. The molecule has 1 aromatic heterocycles. The lowest BCUT2D eigenvalue weighted by Gasteiger charge is -2.13. The van der Waals surface area contributed by atoms with Gasteiger partial charge in [0, 0.05) is 36.9 Å². The molecule has 0 aliphatic rings. The molecule has 0 saturated carbocycles. The molecule has 7 heteroatoms. The molecule has 0 fully saturated rings. The number of aromatic nitrogens is 2. The van der Waals surface area contributed by atoms with Gasteiger partial charge in [0.1, 0.15) is 0 Å². The number of nitrogens with one attached hydrogen (secondary N) is 2. The molecule has 2 rings (SSSR count). The molecule has 2 aromatic rings. The van der Waals surface area contributed by atoms with Gasteiger partial charge in [-0.25, -0.2) is 0 Å². The molecule has 0 saturated heterocycles. The summed E-state index contributed by atoms with van der Waals surface area (Å²) < 4.78 is 1.82. The molecule has 5 nitrogen and oxygen atoms in total. The summed E-state index contributed by atoms with van der Waals surface area (Å²) in [5, 5.41) is 11.8. The van der Waals surface area contributed by atoms with E-state index in [1.807, 2.05) is 29.9 Å². The van der Waals surface area contributed by atoms with Gasteiger partial charge < -0.3 is 10.6 Å². The van der Waals surface area contributed by atoms with Gasteiger partial charge in [-0.2, -0.15) is 5.10 Å². The first kappa shape index (κ1) is 15.7. The third-order valence-electron chi connectivity index (χ3n) is 3.04. The second-order valence-corrected chi connectivity index (χ2v) is 5.30. The zero-order valence-electron chi connectivity index (χ0n) is 11.9. The SMILES string of the molecule is CN=C(NCc1ccc(Cl)cc1Cl)NCc1ccnn1C. The van der Waals surface area contributed by atoms with Crippen molar-refractivity contribution < 1.29 is 0 Å². The van der Waals surface area contributed by atoms with Gasteiger partial charge in [-0.1, -0.05) is 29.3 Å². The molecule has 2 N–H and O–H groups in total. The van der Waals surface area contributed by atoms with Gasteiger partial charge in [-0.3, -0.25) is 9.67 Å². The van der Waals surface area contributed by atoms with E-state index >= 15 is 0 Å². The fourth-order valence-corrected chi connectivity index (χ4v) is 2.29. The van der Waals surface area contributed by atoms with E-state index in [1.54, 1.807) is 19.3 Å². The lowest BCUT2D eigenvalue weighted by Crippen LogP contribution is -2.36. The molecule has 0 radical (unpaired) electrons. The Morgan fingerprint density at radius 2 is 2.00 bits per heavy atom. The highest BCUT2D eigenvalue weighted by Crippen LogP contribution is 2.20. The Balaban J connectivity index is 1.89. The molecule has 0 spiro atoms. The Bertz CT molecular complexity index is 636. The molecule has 112 valence electrons. The maximum Gasteiger partial charge on any atom is 0.191 e. The zero-order valence-corrected chi connectivity index (χ0v) is 13.4. The van der Waals surface area contributed by atoms with Crippen LogP contribution in [0.4, 0.5) is 0 Å². The number of rotatable bonds is 4. The van der Waals surface area contributed by atoms with Gasteiger partial charge in [-0.15, -0.1) is 0 Å². The van der Waals surface area contributed by atoms with E-state index in [0.717, 1.165) is 11.3 Å². The third-order valence-corrected chi connectivity index (χ3v) is 3.63. The number of hydrogen-bond acceptors (Lipinski definition) is 2. The van der Waals surface area contributed by atoms with E-state index in [4.69, 9.17) is 23.2 Å². The molecule has 0 amide bonds. The molecule has 21 heavy (non-hydrogen) atoms. The summed E-state index contributed by atoms with van der Waals surface area (Å²) in [4.78, 5) is 4.18. The highest BCUT2D eigenvalue weighted by Gasteiger charge is 2.04. The molecular weight excluding hydrogens is 309 g/mol. The van der Waals surface area contributed by atoms with Crippen LogP contribution in [-0.2, 0) is 20.1 Å². The van der Waals surface area contributed by atoms with Gasteiger partial charge >= 0.3 is 0 Å². The fourth-order valence-electron chi connectivity index (χ4n) is 1.81. The maximum atomic E-state index is 6.14.